The van der Waals surface area contributed by atoms with E-state index in [1.165, 1.54) is 0 Å². The smallest absolute Gasteiger partial charge is 0.326 e. The third kappa shape index (κ3) is 5.47. The van der Waals surface area contributed by atoms with Crippen LogP contribution in [0.2, 0.25) is 0 Å². The summed E-state index contributed by atoms with van der Waals surface area (Å²) in [4.78, 5) is 37.6. The fourth-order valence-corrected chi connectivity index (χ4v) is 1.54. The first-order chi connectivity index (χ1) is 9.93. The first-order valence-corrected chi connectivity index (χ1v) is 6.17. The third-order valence-corrected chi connectivity index (χ3v) is 2.78. The molecule has 8 heteroatoms. The van der Waals surface area contributed by atoms with Gasteiger partial charge in [0.15, 0.2) is 0 Å². The fourth-order valence-electron chi connectivity index (χ4n) is 1.54. The highest BCUT2D eigenvalue weighted by atomic mass is 16.5. The Balaban J connectivity index is 2.53. The van der Waals surface area contributed by atoms with Gasteiger partial charge >= 0.3 is 18.0 Å². The average molecular weight is 295 g/mol. The summed E-state index contributed by atoms with van der Waals surface area (Å²) in [6.07, 6.45) is 2.82. The summed E-state index contributed by atoms with van der Waals surface area (Å²) in [7, 11) is 1.15. The van der Waals surface area contributed by atoms with Crippen LogP contribution in [0.15, 0.2) is 18.5 Å². The van der Waals surface area contributed by atoms with Crippen LogP contribution in [0.3, 0.4) is 0 Å². The van der Waals surface area contributed by atoms with Crippen molar-refractivity contribution in [3.8, 4) is 0 Å². The van der Waals surface area contributed by atoms with E-state index in [0.717, 1.165) is 18.2 Å². The molecule has 0 aromatic carbocycles. The molecule has 1 atom stereocenters. The van der Waals surface area contributed by atoms with Gasteiger partial charge in [0.05, 0.1) is 13.5 Å². The normalized spacial score (nSPS) is 11.3. The molecule has 1 aromatic rings. The van der Waals surface area contributed by atoms with Crippen LogP contribution in [0.1, 0.15) is 17.5 Å². The molecule has 1 rings (SSSR count). The zero-order chi connectivity index (χ0) is 15.8. The van der Waals surface area contributed by atoms with E-state index >= 15 is 0 Å². The Morgan fingerprint density at radius 1 is 1.43 bits per heavy atom. The maximum atomic E-state index is 11.7. The summed E-state index contributed by atoms with van der Waals surface area (Å²) in [5.74, 6) is -2.02. The number of esters is 1. The van der Waals surface area contributed by atoms with Crippen LogP contribution in [0.25, 0.3) is 0 Å². The van der Waals surface area contributed by atoms with Crippen molar-refractivity contribution in [3.05, 3.63) is 29.6 Å². The van der Waals surface area contributed by atoms with Gasteiger partial charge in [-0.05, 0) is 24.1 Å². The second-order valence-corrected chi connectivity index (χ2v) is 4.30. The molecule has 21 heavy (non-hydrogen) atoms. The highest BCUT2D eigenvalue weighted by Gasteiger charge is 2.23. The minimum absolute atomic E-state index is 0.227. The lowest BCUT2D eigenvalue weighted by Gasteiger charge is -2.14. The molecule has 0 radical (unpaired) electrons. The quantitative estimate of drug-likeness (QED) is 0.645. The Bertz CT molecular complexity index is 532. The number of aromatic nitrogens is 1. The molecule has 0 aliphatic rings. The number of hydrogen-bond donors (Lipinski definition) is 3. The number of carbonyl (C=O) groups excluding carboxylic acids is 2. The van der Waals surface area contributed by atoms with Crippen molar-refractivity contribution >= 4 is 18.0 Å². The SMILES string of the molecule is COC(=O)C[C@H](NC(=O)NCc1ccncc1C)C(=O)O. The van der Waals surface area contributed by atoms with Crippen LogP contribution >= 0.6 is 0 Å². The number of nitrogens with one attached hydrogen (secondary N) is 2. The molecule has 114 valence electrons. The number of carboxylic acid groups (broad SMARTS) is 1. The van der Waals surface area contributed by atoms with Gasteiger partial charge in [0, 0.05) is 18.9 Å². The Hall–Kier alpha value is -2.64. The van der Waals surface area contributed by atoms with E-state index in [1.54, 1.807) is 18.5 Å². The molecular weight excluding hydrogens is 278 g/mol. The van der Waals surface area contributed by atoms with E-state index in [2.05, 4.69) is 20.4 Å². The van der Waals surface area contributed by atoms with Crippen molar-refractivity contribution in [1.29, 1.82) is 0 Å². The Morgan fingerprint density at radius 2 is 2.14 bits per heavy atom. The van der Waals surface area contributed by atoms with Crippen LogP contribution in [0, 0.1) is 6.92 Å². The molecule has 0 unspecified atom stereocenters. The van der Waals surface area contributed by atoms with Crippen molar-refractivity contribution < 1.29 is 24.2 Å². The molecule has 2 amide bonds. The lowest BCUT2D eigenvalue weighted by atomic mass is 10.1. The molecule has 0 spiro atoms. The third-order valence-electron chi connectivity index (χ3n) is 2.78. The molecule has 0 fully saturated rings. The Morgan fingerprint density at radius 3 is 2.71 bits per heavy atom. The zero-order valence-electron chi connectivity index (χ0n) is 11.8. The summed E-state index contributed by atoms with van der Waals surface area (Å²) in [5, 5.41) is 13.7. The summed E-state index contributed by atoms with van der Waals surface area (Å²) >= 11 is 0. The van der Waals surface area contributed by atoms with Crippen molar-refractivity contribution in [2.45, 2.75) is 25.9 Å². The minimum Gasteiger partial charge on any atom is -0.480 e. The molecule has 1 heterocycles. The van der Waals surface area contributed by atoms with Gasteiger partial charge in [-0.1, -0.05) is 0 Å². The Kier molecular flexibility index (Phi) is 6.12. The molecule has 0 bridgehead atoms. The number of hydrogen-bond acceptors (Lipinski definition) is 5. The van der Waals surface area contributed by atoms with E-state index in [0.29, 0.717) is 0 Å². The van der Waals surface area contributed by atoms with Crippen molar-refractivity contribution in [1.82, 2.24) is 15.6 Å². The van der Waals surface area contributed by atoms with Crippen LogP contribution in [-0.4, -0.2) is 41.2 Å². The van der Waals surface area contributed by atoms with Crippen molar-refractivity contribution in [2.24, 2.45) is 0 Å². The predicted molar refractivity (Wildman–Crippen MR) is 72.4 cm³/mol. The second kappa shape index (κ2) is 7.83. The number of aryl methyl sites for hydroxylation is 1. The topological polar surface area (TPSA) is 118 Å². The molecule has 3 N–H and O–H groups in total. The number of methoxy groups -OCH3 is 1. The number of urea groups is 1. The van der Waals surface area contributed by atoms with E-state index in [1.807, 2.05) is 6.92 Å². The lowest BCUT2D eigenvalue weighted by molar-refractivity contribution is -0.147. The molecular formula is C13H17N3O5. The summed E-state index contributed by atoms with van der Waals surface area (Å²) in [6, 6.07) is -0.267. The molecule has 0 saturated heterocycles. The Labute approximate surface area is 121 Å². The predicted octanol–water partition coefficient (Wildman–Crippen LogP) is 0.206. The summed E-state index contributed by atoms with van der Waals surface area (Å²) in [6.45, 7) is 2.07. The number of nitrogens with zero attached hydrogens (tertiary/aromatic N) is 1. The van der Waals surface area contributed by atoms with Crippen LogP contribution in [0.4, 0.5) is 4.79 Å². The second-order valence-electron chi connectivity index (χ2n) is 4.30. The fraction of sp³-hybridized carbons (Fsp3) is 0.385. The molecule has 8 nitrogen and oxygen atoms in total. The summed E-state index contributed by atoms with van der Waals surface area (Å²) < 4.78 is 4.38. The van der Waals surface area contributed by atoms with Gasteiger partial charge in [0.25, 0.3) is 0 Å². The first-order valence-electron chi connectivity index (χ1n) is 6.17. The van der Waals surface area contributed by atoms with Gasteiger partial charge in [0.1, 0.15) is 6.04 Å². The maximum absolute atomic E-state index is 11.7. The van der Waals surface area contributed by atoms with Gasteiger partial charge < -0.3 is 20.5 Å². The largest absolute Gasteiger partial charge is 0.480 e. The monoisotopic (exact) mass is 295 g/mol. The van der Waals surface area contributed by atoms with Crippen LogP contribution in [-0.2, 0) is 20.9 Å². The van der Waals surface area contributed by atoms with E-state index in [-0.39, 0.29) is 6.54 Å². The number of carbonyl (C=O) groups is 3. The number of pyridine rings is 1. The van der Waals surface area contributed by atoms with Gasteiger partial charge in [0.2, 0.25) is 0 Å². The van der Waals surface area contributed by atoms with Gasteiger partial charge in [-0.25, -0.2) is 9.59 Å². The number of amides is 2. The van der Waals surface area contributed by atoms with E-state index in [4.69, 9.17) is 5.11 Å². The van der Waals surface area contributed by atoms with E-state index in [9.17, 15) is 14.4 Å². The molecule has 1 aromatic heterocycles. The zero-order valence-corrected chi connectivity index (χ0v) is 11.8. The number of aliphatic carboxylic acids is 1. The van der Waals surface area contributed by atoms with Crippen LogP contribution in [0.5, 0.6) is 0 Å². The molecule has 0 aliphatic carbocycles. The number of carboxylic acids is 1. The number of ether oxygens (including phenoxy) is 1. The average Bonchev–Trinajstić information content (AvgIpc) is 2.45. The highest BCUT2D eigenvalue weighted by Crippen LogP contribution is 2.04. The van der Waals surface area contributed by atoms with Crippen molar-refractivity contribution in [3.63, 3.8) is 0 Å². The molecule has 0 aliphatic heterocycles. The van der Waals surface area contributed by atoms with Gasteiger partial charge in [-0.3, -0.25) is 9.78 Å². The molecule has 0 saturated carbocycles. The number of rotatable bonds is 6. The minimum atomic E-state index is -1.34. The standard InChI is InChI=1S/C13H17N3O5/c1-8-6-14-4-3-9(8)7-15-13(20)16-10(12(18)19)5-11(17)21-2/h3-4,6,10H,5,7H2,1-2H3,(H,18,19)(H2,15,16,20)/t10-/m0/s1. The highest BCUT2D eigenvalue weighted by molar-refractivity contribution is 5.86. The first kappa shape index (κ1) is 16.4. The van der Waals surface area contributed by atoms with Gasteiger partial charge in [-0.15, -0.1) is 0 Å². The van der Waals surface area contributed by atoms with E-state index < -0.39 is 30.4 Å². The maximum Gasteiger partial charge on any atom is 0.326 e. The van der Waals surface area contributed by atoms with Crippen molar-refractivity contribution in [2.75, 3.05) is 7.11 Å². The summed E-state index contributed by atoms with van der Waals surface area (Å²) in [5.41, 5.74) is 1.77. The van der Waals surface area contributed by atoms with Crippen LogP contribution < -0.4 is 10.6 Å². The van der Waals surface area contributed by atoms with Gasteiger partial charge in [-0.2, -0.15) is 0 Å². The lowest BCUT2D eigenvalue weighted by Crippen LogP contribution is -2.46.